The monoisotopic (exact) mass is 323 g/mol. The number of ether oxygens (including phenoxy) is 6. The Morgan fingerprint density at radius 3 is 1.55 bits per heavy atom. The molecule has 0 aromatic rings. The molecule has 0 fully saturated rings. The number of hydrogen-bond acceptors (Lipinski definition) is 7. The van der Waals surface area contributed by atoms with Gasteiger partial charge in [0.2, 0.25) is 0 Å². The fourth-order valence-corrected chi connectivity index (χ4v) is 1.58. The Balaban J connectivity index is 3.66. The summed E-state index contributed by atoms with van der Waals surface area (Å²) in [6, 6.07) is 0. The number of rotatable bonds is 18. The van der Waals surface area contributed by atoms with E-state index in [1.165, 1.54) is 0 Å². The van der Waals surface area contributed by atoms with Crippen LogP contribution < -0.4 is 5.73 Å². The molecule has 0 spiro atoms. The predicted molar refractivity (Wildman–Crippen MR) is 84.2 cm³/mol. The molecule has 0 aliphatic heterocycles. The summed E-state index contributed by atoms with van der Waals surface area (Å²) in [6.45, 7) is 6.58. The van der Waals surface area contributed by atoms with Crippen LogP contribution in [0.25, 0.3) is 0 Å². The van der Waals surface area contributed by atoms with Gasteiger partial charge in [-0.15, -0.1) is 0 Å². The predicted octanol–water partition coefficient (Wildman–Crippen LogP) is 0.311. The molecule has 0 aliphatic rings. The van der Waals surface area contributed by atoms with E-state index in [-0.39, 0.29) is 5.92 Å². The van der Waals surface area contributed by atoms with E-state index in [0.717, 1.165) is 6.42 Å². The van der Waals surface area contributed by atoms with Crippen molar-refractivity contribution in [3.8, 4) is 0 Å². The van der Waals surface area contributed by atoms with Crippen LogP contribution in [0, 0.1) is 5.92 Å². The van der Waals surface area contributed by atoms with Crippen molar-refractivity contribution < 1.29 is 28.4 Å². The van der Waals surface area contributed by atoms with Crippen LogP contribution in [-0.2, 0) is 28.4 Å². The minimum atomic E-state index is 0.192. The van der Waals surface area contributed by atoms with E-state index in [4.69, 9.17) is 34.2 Å². The van der Waals surface area contributed by atoms with Crippen molar-refractivity contribution in [2.45, 2.75) is 6.42 Å². The lowest BCUT2D eigenvalue weighted by Crippen LogP contribution is -2.24. The highest BCUT2D eigenvalue weighted by atomic mass is 16.5. The second-order valence-electron chi connectivity index (χ2n) is 4.83. The smallest absolute Gasteiger partial charge is 0.0700 e. The molecule has 134 valence electrons. The molecule has 7 nitrogen and oxygen atoms in total. The zero-order chi connectivity index (χ0) is 16.3. The molecule has 0 rings (SSSR count). The molecule has 0 aromatic heterocycles. The molecular formula is C15H33NO6. The van der Waals surface area contributed by atoms with Gasteiger partial charge in [-0.05, 0) is 13.0 Å². The molecule has 22 heavy (non-hydrogen) atoms. The zero-order valence-electron chi connectivity index (χ0n) is 14.1. The Morgan fingerprint density at radius 2 is 1.09 bits per heavy atom. The molecule has 0 atom stereocenters. The van der Waals surface area contributed by atoms with Crippen LogP contribution in [0.3, 0.4) is 0 Å². The van der Waals surface area contributed by atoms with Crippen LogP contribution in [0.15, 0.2) is 0 Å². The number of nitrogens with two attached hydrogens (primary N) is 1. The van der Waals surface area contributed by atoms with Crippen LogP contribution in [0.5, 0.6) is 0 Å². The third-order valence-electron chi connectivity index (χ3n) is 2.79. The number of methoxy groups -OCH3 is 2. The SMILES string of the molecule is COCCOCC(COCCOC)COCCOCCCN. The highest BCUT2D eigenvalue weighted by Gasteiger charge is 2.10. The van der Waals surface area contributed by atoms with Crippen molar-refractivity contribution in [2.24, 2.45) is 11.7 Å². The zero-order valence-corrected chi connectivity index (χ0v) is 14.1. The fourth-order valence-electron chi connectivity index (χ4n) is 1.58. The Bertz CT molecular complexity index is 196. The second-order valence-corrected chi connectivity index (χ2v) is 4.83. The topological polar surface area (TPSA) is 81.4 Å². The lowest BCUT2D eigenvalue weighted by molar-refractivity contribution is -0.0322. The average Bonchev–Trinajstić information content (AvgIpc) is 2.53. The molecule has 0 heterocycles. The molecule has 7 heteroatoms. The third kappa shape index (κ3) is 16.1. The Morgan fingerprint density at radius 1 is 0.636 bits per heavy atom. The summed E-state index contributed by atoms with van der Waals surface area (Å²) < 4.78 is 32.0. The van der Waals surface area contributed by atoms with Gasteiger partial charge in [-0.3, -0.25) is 0 Å². The maximum Gasteiger partial charge on any atom is 0.0700 e. The van der Waals surface area contributed by atoms with Gasteiger partial charge in [0.1, 0.15) is 0 Å². The summed E-state index contributed by atoms with van der Waals surface area (Å²) >= 11 is 0. The van der Waals surface area contributed by atoms with Crippen molar-refractivity contribution in [3.05, 3.63) is 0 Å². The summed E-state index contributed by atoms with van der Waals surface area (Å²) in [7, 11) is 3.31. The fraction of sp³-hybridized carbons (Fsp3) is 1.00. The molecule has 2 N–H and O–H groups in total. The van der Waals surface area contributed by atoms with Gasteiger partial charge in [0.25, 0.3) is 0 Å². The van der Waals surface area contributed by atoms with Crippen LogP contribution in [-0.4, -0.2) is 86.8 Å². The van der Waals surface area contributed by atoms with Crippen molar-refractivity contribution >= 4 is 0 Å². The summed E-state index contributed by atoms with van der Waals surface area (Å²) in [4.78, 5) is 0. The summed E-state index contributed by atoms with van der Waals surface area (Å²) in [5.74, 6) is 0.192. The van der Waals surface area contributed by atoms with Crippen LogP contribution >= 0.6 is 0 Å². The van der Waals surface area contributed by atoms with E-state index in [2.05, 4.69) is 0 Å². The molecule has 0 bridgehead atoms. The van der Waals surface area contributed by atoms with Gasteiger partial charge in [-0.25, -0.2) is 0 Å². The van der Waals surface area contributed by atoms with E-state index in [1.807, 2.05) is 0 Å². The van der Waals surface area contributed by atoms with E-state index >= 15 is 0 Å². The van der Waals surface area contributed by atoms with Crippen molar-refractivity contribution in [2.75, 3.05) is 86.8 Å². The minimum Gasteiger partial charge on any atom is -0.382 e. The van der Waals surface area contributed by atoms with Crippen molar-refractivity contribution in [1.82, 2.24) is 0 Å². The quantitative estimate of drug-likeness (QED) is 0.364. The van der Waals surface area contributed by atoms with Crippen molar-refractivity contribution in [1.29, 1.82) is 0 Å². The van der Waals surface area contributed by atoms with Gasteiger partial charge in [-0.2, -0.15) is 0 Å². The molecular weight excluding hydrogens is 290 g/mol. The third-order valence-corrected chi connectivity index (χ3v) is 2.79. The second kappa shape index (κ2) is 18.8. The Labute approximate surface area is 134 Å². The first kappa shape index (κ1) is 21.7. The van der Waals surface area contributed by atoms with Gasteiger partial charge in [-0.1, -0.05) is 0 Å². The van der Waals surface area contributed by atoms with E-state index < -0.39 is 0 Å². The molecule has 0 saturated heterocycles. The highest BCUT2D eigenvalue weighted by Crippen LogP contribution is 2.01. The van der Waals surface area contributed by atoms with E-state index in [1.54, 1.807) is 14.2 Å². The van der Waals surface area contributed by atoms with Gasteiger partial charge in [0, 0.05) is 26.7 Å². The molecule has 0 amide bonds. The largest absolute Gasteiger partial charge is 0.382 e. The summed E-state index contributed by atoms with van der Waals surface area (Å²) in [6.07, 6.45) is 0.878. The van der Waals surface area contributed by atoms with E-state index in [0.29, 0.717) is 72.6 Å². The van der Waals surface area contributed by atoms with Gasteiger partial charge in [0.15, 0.2) is 0 Å². The van der Waals surface area contributed by atoms with Crippen LogP contribution in [0.1, 0.15) is 6.42 Å². The molecule has 0 aromatic carbocycles. The van der Waals surface area contributed by atoms with Crippen LogP contribution in [0.4, 0.5) is 0 Å². The minimum absolute atomic E-state index is 0.192. The molecule has 0 radical (unpaired) electrons. The normalized spacial score (nSPS) is 11.5. The Kier molecular flexibility index (Phi) is 18.5. The standard InChI is InChI=1S/C15H33NO6/c1-17-6-8-20-12-15(13-21-9-7-18-2)14-22-11-10-19-5-3-4-16/h15H,3-14,16H2,1-2H3. The van der Waals surface area contributed by atoms with Gasteiger partial charge < -0.3 is 34.2 Å². The van der Waals surface area contributed by atoms with Crippen molar-refractivity contribution in [3.63, 3.8) is 0 Å². The highest BCUT2D eigenvalue weighted by molar-refractivity contribution is 4.56. The summed E-state index contributed by atoms with van der Waals surface area (Å²) in [5, 5.41) is 0. The molecule has 0 saturated carbocycles. The first-order valence-electron chi connectivity index (χ1n) is 7.84. The Hall–Kier alpha value is -0.280. The number of hydrogen-bond donors (Lipinski definition) is 1. The molecule has 0 aliphatic carbocycles. The lowest BCUT2D eigenvalue weighted by Gasteiger charge is -2.17. The maximum absolute atomic E-state index is 5.61. The van der Waals surface area contributed by atoms with E-state index in [9.17, 15) is 0 Å². The van der Waals surface area contributed by atoms with Crippen LogP contribution in [0.2, 0.25) is 0 Å². The first-order valence-corrected chi connectivity index (χ1v) is 7.84. The maximum atomic E-state index is 5.61. The summed E-state index contributed by atoms with van der Waals surface area (Å²) in [5.41, 5.74) is 5.39. The molecule has 0 unspecified atom stereocenters. The van der Waals surface area contributed by atoms with Gasteiger partial charge in [0.05, 0.1) is 59.5 Å². The van der Waals surface area contributed by atoms with Gasteiger partial charge >= 0.3 is 0 Å². The average molecular weight is 323 g/mol. The lowest BCUT2D eigenvalue weighted by atomic mass is 10.2. The first-order chi connectivity index (χ1) is 10.8.